The summed E-state index contributed by atoms with van der Waals surface area (Å²) < 4.78 is 10.6. The maximum Gasteiger partial charge on any atom is 0.146 e. The van der Waals surface area contributed by atoms with Gasteiger partial charge in [0, 0.05) is 22.8 Å². The van der Waals surface area contributed by atoms with Gasteiger partial charge in [-0.05, 0) is 42.8 Å². The van der Waals surface area contributed by atoms with Crippen LogP contribution in [0.3, 0.4) is 0 Å². The molecule has 0 unspecified atom stereocenters. The number of methoxy groups -OCH3 is 2. The minimum absolute atomic E-state index is 0.637. The number of rotatable bonds is 6. The Balaban J connectivity index is 1.81. The quantitative estimate of drug-likeness (QED) is 0.640. The van der Waals surface area contributed by atoms with E-state index in [0.29, 0.717) is 22.4 Å². The molecule has 0 saturated carbocycles. The standard InChI is InChI=1S/C19H19ClN4O2/c1-12-8-13(20)4-6-15(12)23-18-10-19(22-11-21-18)24-16-7-5-14(25-2)9-17(16)26-3/h4-11H,1-3H3,(H2,21,22,23,24). The van der Waals surface area contributed by atoms with Crippen LogP contribution in [-0.4, -0.2) is 24.2 Å². The van der Waals surface area contributed by atoms with Gasteiger partial charge >= 0.3 is 0 Å². The maximum atomic E-state index is 6.00. The molecular formula is C19H19ClN4O2. The number of benzene rings is 2. The normalized spacial score (nSPS) is 10.3. The van der Waals surface area contributed by atoms with E-state index in [2.05, 4.69) is 20.6 Å². The Labute approximate surface area is 157 Å². The molecule has 6 nitrogen and oxygen atoms in total. The molecule has 0 aliphatic carbocycles. The van der Waals surface area contributed by atoms with Gasteiger partial charge in [-0.25, -0.2) is 9.97 Å². The van der Waals surface area contributed by atoms with Crippen LogP contribution in [0.25, 0.3) is 0 Å². The molecule has 0 spiro atoms. The molecular weight excluding hydrogens is 352 g/mol. The number of ether oxygens (including phenoxy) is 2. The zero-order chi connectivity index (χ0) is 18.5. The van der Waals surface area contributed by atoms with E-state index in [1.54, 1.807) is 20.3 Å². The lowest BCUT2D eigenvalue weighted by atomic mass is 10.2. The number of hydrogen-bond donors (Lipinski definition) is 2. The molecule has 0 aliphatic rings. The van der Waals surface area contributed by atoms with Crippen molar-refractivity contribution in [2.75, 3.05) is 24.9 Å². The van der Waals surface area contributed by atoms with E-state index in [4.69, 9.17) is 21.1 Å². The van der Waals surface area contributed by atoms with Crippen LogP contribution in [0, 0.1) is 6.92 Å². The summed E-state index contributed by atoms with van der Waals surface area (Å²) in [5, 5.41) is 7.20. The highest BCUT2D eigenvalue weighted by molar-refractivity contribution is 6.30. The molecule has 1 aromatic heterocycles. The van der Waals surface area contributed by atoms with Gasteiger partial charge in [0.2, 0.25) is 0 Å². The molecule has 2 aromatic carbocycles. The Kier molecular flexibility index (Phi) is 5.43. The number of aryl methyl sites for hydroxylation is 1. The Morgan fingerprint density at radius 3 is 2.19 bits per heavy atom. The van der Waals surface area contributed by atoms with Crippen molar-refractivity contribution < 1.29 is 9.47 Å². The smallest absolute Gasteiger partial charge is 0.146 e. The fraction of sp³-hybridized carbons (Fsp3) is 0.158. The molecule has 0 bridgehead atoms. The summed E-state index contributed by atoms with van der Waals surface area (Å²) in [5.74, 6) is 2.68. The fourth-order valence-corrected chi connectivity index (χ4v) is 2.67. The van der Waals surface area contributed by atoms with Crippen LogP contribution in [0.1, 0.15) is 5.56 Å². The van der Waals surface area contributed by atoms with E-state index in [9.17, 15) is 0 Å². The van der Waals surface area contributed by atoms with Gasteiger partial charge < -0.3 is 20.1 Å². The van der Waals surface area contributed by atoms with E-state index in [-0.39, 0.29) is 0 Å². The Hall–Kier alpha value is -2.99. The molecule has 0 amide bonds. The van der Waals surface area contributed by atoms with Crippen LogP contribution >= 0.6 is 11.6 Å². The average Bonchev–Trinajstić information content (AvgIpc) is 2.65. The first-order valence-corrected chi connectivity index (χ1v) is 8.31. The van der Waals surface area contributed by atoms with Crippen LogP contribution in [0.4, 0.5) is 23.0 Å². The molecule has 3 rings (SSSR count). The second kappa shape index (κ2) is 7.93. The van der Waals surface area contributed by atoms with E-state index in [0.717, 1.165) is 22.7 Å². The van der Waals surface area contributed by atoms with E-state index < -0.39 is 0 Å². The zero-order valence-electron chi connectivity index (χ0n) is 14.7. The first kappa shape index (κ1) is 17.8. The van der Waals surface area contributed by atoms with Crippen LogP contribution in [0.5, 0.6) is 11.5 Å². The van der Waals surface area contributed by atoms with Crippen molar-refractivity contribution in [1.29, 1.82) is 0 Å². The summed E-state index contributed by atoms with van der Waals surface area (Å²) in [6, 6.07) is 13.0. The van der Waals surface area contributed by atoms with E-state index in [1.807, 2.05) is 43.3 Å². The SMILES string of the molecule is COc1ccc(Nc2cc(Nc3ccc(Cl)cc3C)ncn2)c(OC)c1. The highest BCUT2D eigenvalue weighted by Crippen LogP contribution is 2.31. The summed E-state index contributed by atoms with van der Waals surface area (Å²) in [6.45, 7) is 1.98. The van der Waals surface area contributed by atoms with Gasteiger partial charge in [-0.1, -0.05) is 11.6 Å². The Morgan fingerprint density at radius 1 is 0.846 bits per heavy atom. The predicted octanol–water partition coefficient (Wildman–Crippen LogP) is 4.94. The molecule has 1 heterocycles. The lowest BCUT2D eigenvalue weighted by molar-refractivity contribution is 0.395. The highest BCUT2D eigenvalue weighted by atomic mass is 35.5. The number of anilines is 4. The predicted molar refractivity (Wildman–Crippen MR) is 104 cm³/mol. The summed E-state index contributed by atoms with van der Waals surface area (Å²) in [6.07, 6.45) is 1.49. The molecule has 0 aliphatic heterocycles. The second-order valence-electron chi connectivity index (χ2n) is 5.56. The highest BCUT2D eigenvalue weighted by Gasteiger charge is 2.08. The lowest BCUT2D eigenvalue weighted by Gasteiger charge is -2.13. The first-order chi connectivity index (χ1) is 12.6. The molecule has 26 heavy (non-hydrogen) atoms. The summed E-state index contributed by atoms with van der Waals surface area (Å²) in [5.41, 5.74) is 2.74. The molecule has 2 N–H and O–H groups in total. The molecule has 134 valence electrons. The van der Waals surface area contributed by atoms with Crippen molar-refractivity contribution in [2.24, 2.45) is 0 Å². The molecule has 7 heteroatoms. The average molecular weight is 371 g/mol. The van der Waals surface area contributed by atoms with E-state index >= 15 is 0 Å². The van der Waals surface area contributed by atoms with Gasteiger partial charge in [-0.15, -0.1) is 0 Å². The van der Waals surface area contributed by atoms with E-state index in [1.165, 1.54) is 6.33 Å². The zero-order valence-corrected chi connectivity index (χ0v) is 15.5. The summed E-state index contributed by atoms with van der Waals surface area (Å²) in [4.78, 5) is 8.52. The number of nitrogens with zero attached hydrogens (tertiary/aromatic N) is 2. The number of hydrogen-bond acceptors (Lipinski definition) is 6. The Bertz CT molecular complexity index is 918. The molecule has 0 atom stereocenters. The molecule has 3 aromatic rings. The second-order valence-corrected chi connectivity index (χ2v) is 6.00. The molecule has 0 fully saturated rings. The van der Waals surface area contributed by atoms with Crippen LogP contribution < -0.4 is 20.1 Å². The maximum absolute atomic E-state index is 6.00. The van der Waals surface area contributed by atoms with Gasteiger partial charge in [0.05, 0.1) is 19.9 Å². The van der Waals surface area contributed by atoms with Gasteiger partial charge in [-0.3, -0.25) is 0 Å². The monoisotopic (exact) mass is 370 g/mol. The van der Waals surface area contributed by atoms with Gasteiger partial charge in [-0.2, -0.15) is 0 Å². The van der Waals surface area contributed by atoms with Gasteiger partial charge in [0.25, 0.3) is 0 Å². The van der Waals surface area contributed by atoms with Crippen molar-refractivity contribution in [3.05, 3.63) is 59.4 Å². The third kappa shape index (κ3) is 4.15. The topological polar surface area (TPSA) is 68.3 Å². The minimum Gasteiger partial charge on any atom is -0.497 e. The molecule has 0 saturated heterocycles. The Morgan fingerprint density at radius 2 is 1.54 bits per heavy atom. The number of nitrogens with one attached hydrogen (secondary N) is 2. The van der Waals surface area contributed by atoms with Gasteiger partial charge in [0.1, 0.15) is 29.5 Å². The first-order valence-electron chi connectivity index (χ1n) is 7.93. The fourth-order valence-electron chi connectivity index (χ4n) is 2.44. The summed E-state index contributed by atoms with van der Waals surface area (Å²) >= 11 is 6.00. The van der Waals surface area contributed by atoms with Gasteiger partial charge in [0.15, 0.2) is 0 Å². The lowest BCUT2D eigenvalue weighted by Crippen LogP contribution is -2.00. The van der Waals surface area contributed by atoms with Crippen LogP contribution in [-0.2, 0) is 0 Å². The largest absolute Gasteiger partial charge is 0.497 e. The van der Waals surface area contributed by atoms with Crippen LogP contribution in [0.2, 0.25) is 5.02 Å². The number of aromatic nitrogens is 2. The third-order valence-corrected chi connectivity index (χ3v) is 4.02. The van der Waals surface area contributed by atoms with Crippen LogP contribution in [0.15, 0.2) is 48.8 Å². The number of halogens is 1. The van der Waals surface area contributed by atoms with Crippen molar-refractivity contribution in [2.45, 2.75) is 6.92 Å². The third-order valence-electron chi connectivity index (χ3n) is 3.79. The van der Waals surface area contributed by atoms with Crippen molar-refractivity contribution in [1.82, 2.24) is 9.97 Å². The van der Waals surface area contributed by atoms with Crippen molar-refractivity contribution >= 4 is 34.6 Å². The summed E-state index contributed by atoms with van der Waals surface area (Å²) in [7, 11) is 3.22. The minimum atomic E-state index is 0.637. The van der Waals surface area contributed by atoms with Crippen molar-refractivity contribution in [3.63, 3.8) is 0 Å². The van der Waals surface area contributed by atoms with Crippen molar-refractivity contribution in [3.8, 4) is 11.5 Å². The molecule has 0 radical (unpaired) electrons.